The monoisotopic (exact) mass is 471 g/mol. The number of carbonyl (C=O) groups is 2. The Morgan fingerprint density at radius 2 is 1.87 bits per heavy atom. The van der Waals surface area contributed by atoms with E-state index in [-0.39, 0.29) is 17.8 Å². The first-order chi connectivity index (χ1) is 14.5. The van der Waals surface area contributed by atoms with Gasteiger partial charge in [0.05, 0.1) is 5.92 Å². The fourth-order valence-corrected chi connectivity index (χ4v) is 3.67. The van der Waals surface area contributed by atoms with Crippen molar-refractivity contribution in [2.75, 3.05) is 23.3 Å². The van der Waals surface area contributed by atoms with Crippen LogP contribution >= 0.6 is 15.9 Å². The first kappa shape index (κ1) is 20.4. The van der Waals surface area contributed by atoms with Crippen molar-refractivity contribution in [3.8, 4) is 0 Å². The molecule has 0 spiro atoms. The van der Waals surface area contributed by atoms with E-state index >= 15 is 0 Å². The molecule has 2 heterocycles. The molecule has 8 heteroatoms. The van der Waals surface area contributed by atoms with Crippen LogP contribution < -0.4 is 10.2 Å². The lowest BCUT2D eigenvalue weighted by Gasteiger charge is -2.30. The predicted octanol–water partition coefficient (Wildman–Crippen LogP) is 4.38. The van der Waals surface area contributed by atoms with Gasteiger partial charge >= 0.3 is 5.97 Å². The largest absolute Gasteiger partial charge is 0.452 e. The van der Waals surface area contributed by atoms with Crippen molar-refractivity contribution >= 4 is 50.6 Å². The number of hydrogen-bond donors (Lipinski definition) is 1. The third-order valence-corrected chi connectivity index (χ3v) is 5.68. The van der Waals surface area contributed by atoms with Gasteiger partial charge in [-0.05, 0) is 56.2 Å². The van der Waals surface area contributed by atoms with Crippen LogP contribution in [0.1, 0.15) is 19.8 Å². The van der Waals surface area contributed by atoms with Crippen molar-refractivity contribution < 1.29 is 18.7 Å². The Hall–Kier alpha value is -2.87. The quantitative estimate of drug-likeness (QED) is 0.555. The summed E-state index contributed by atoms with van der Waals surface area (Å²) in [6.07, 6.45) is 0.383. The summed E-state index contributed by atoms with van der Waals surface area (Å²) in [7, 11) is 0. The summed E-state index contributed by atoms with van der Waals surface area (Å²) < 4.78 is 12.1. The smallest absolute Gasteiger partial charge is 0.309 e. The van der Waals surface area contributed by atoms with Gasteiger partial charge < -0.3 is 19.4 Å². The summed E-state index contributed by atoms with van der Waals surface area (Å²) in [5.41, 5.74) is 2.22. The fraction of sp³-hybridized carbons (Fsp3) is 0.318. The number of aromatic nitrogens is 1. The summed E-state index contributed by atoms with van der Waals surface area (Å²) >= 11 is 3.35. The van der Waals surface area contributed by atoms with Gasteiger partial charge in [-0.25, -0.2) is 0 Å². The summed E-state index contributed by atoms with van der Waals surface area (Å²) in [6.45, 7) is 2.87. The molecule has 4 rings (SSSR count). The van der Waals surface area contributed by atoms with Crippen molar-refractivity contribution in [3.63, 3.8) is 0 Å². The number of halogens is 1. The number of hydrogen-bond acceptors (Lipinski definition) is 6. The number of carbonyl (C=O) groups excluding carboxylic acids is 2. The Kier molecular flexibility index (Phi) is 6.03. The van der Waals surface area contributed by atoms with E-state index in [4.69, 9.17) is 9.15 Å². The van der Waals surface area contributed by atoms with Crippen LogP contribution in [-0.4, -0.2) is 36.1 Å². The SMILES string of the molecule is CC(OC(=O)C1CCN(c2nc3ccccc3o2)CC1)C(=O)Nc1ccc(Br)cc1. The minimum absolute atomic E-state index is 0.242. The molecule has 1 atom stereocenters. The molecule has 1 saturated heterocycles. The maximum absolute atomic E-state index is 12.5. The summed E-state index contributed by atoms with van der Waals surface area (Å²) in [6, 6.07) is 15.4. The van der Waals surface area contributed by atoms with Gasteiger partial charge in [-0.2, -0.15) is 4.98 Å². The van der Waals surface area contributed by atoms with E-state index in [0.717, 1.165) is 15.6 Å². The molecule has 1 amide bonds. The van der Waals surface area contributed by atoms with Gasteiger partial charge in [0.25, 0.3) is 11.9 Å². The average Bonchev–Trinajstić information content (AvgIpc) is 3.19. The maximum Gasteiger partial charge on any atom is 0.309 e. The van der Waals surface area contributed by atoms with Gasteiger partial charge in [0.15, 0.2) is 11.7 Å². The molecule has 0 bridgehead atoms. The molecule has 7 nitrogen and oxygen atoms in total. The van der Waals surface area contributed by atoms with Gasteiger partial charge in [0.2, 0.25) is 0 Å². The van der Waals surface area contributed by atoms with E-state index < -0.39 is 6.10 Å². The van der Waals surface area contributed by atoms with Gasteiger partial charge in [-0.3, -0.25) is 9.59 Å². The van der Waals surface area contributed by atoms with Crippen molar-refractivity contribution in [1.82, 2.24) is 4.98 Å². The number of rotatable bonds is 5. The highest BCUT2D eigenvalue weighted by molar-refractivity contribution is 9.10. The predicted molar refractivity (Wildman–Crippen MR) is 117 cm³/mol. The maximum atomic E-state index is 12.5. The van der Waals surface area contributed by atoms with Crippen LogP contribution in [0.5, 0.6) is 0 Å². The van der Waals surface area contributed by atoms with Crippen LogP contribution in [0.4, 0.5) is 11.7 Å². The third kappa shape index (κ3) is 4.64. The lowest BCUT2D eigenvalue weighted by atomic mass is 9.97. The Balaban J connectivity index is 1.28. The van der Waals surface area contributed by atoms with Crippen LogP contribution in [0.15, 0.2) is 57.4 Å². The molecular formula is C22H22BrN3O4. The van der Waals surface area contributed by atoms with Crippen LogP contribution in [0.3, 0.4) is 0 Å². The molecule has 156 valence electrons. The number of piperidine rings is 1. The van der Waals surface area contributed by atoms with E-state index in [1.165, 1.54) is 0 Å². The van der Waals surface area contributed by atoms with Crippen LogP contribution in [0.25, 0.3) is 11.1 Å². The molecule has 1 N–H and O–H groups in total. The van der Waals surface area contributed by atoms with Crippen LogP contribution in [0, 0.1) is 5.92 Å². The minimum Gasteiger partial charge on any atom is -0.452 e. The van der Waals surface area contributed by atoms with Crippen molar-refractivity contribution in [2.24, 2.45) is 5.92 Å². The van der Waals surface area contributed by atoms with Crippen molar-refractivity contribution in [3.05, 3.63) is 53.0 Å². The summed E-state index contributed by atoms with van der Waals surface area (Å²) in [5.74, 6) is -0.936. The third-order valence-electron chi connectivity index (χ3n) is 5.16. The molecule has 3 aromatic rings. The van der Waals surface area contributed by atoms with E-state index in [9.17, 15) is 9.59 Å². The van der Waals surface area contributed by atoms with E-state index in [1.54, 1.807) is 19.1 Å². The second-order valence-corrected chi connectivity index (χ2v) is 8.22. The first-order valence-electron chi connectivity index (χ1n) is 9.87. The number of anilines is 2. The molecule has 1 aromatic heterocycles. The van der Waals surface area contributed by atoms with Crippen LogP contribution in [-0.2, 0) is 14.3 Å². The Bertz CT molecular complexity index is 1010. The van der Waals surface area contributed by atoms with Gasteiger partial charge in [-0.15, -0.1) is 0 Å². The van der Waals surface area contributed by atoms with E-state index in [2.05, 4.69) is 26.2 Å². The molecule has 2 aromatic carbocycles. The topological polar surface area (TPSA) is 84.7 Å². The van der Waals surface area contributed by atoms with E-state index in [0.29, 0.717) is 37.6 Å². The number of oxazole rings is 1. The first-order valence-corrected chi connectivity index (χ1v) is 10.7. The Morgan fingerprint density at radius 1 is 1.17 bits per heavy atom. The van der Waals surface area contributed by atoms with Gasteiger partial charge in [-0.1, -0.05) is 28.1 Å². The number of nitrogens with zero attached hydrogens (tertiary/aromatic N) is 2. The standard InChI is InChI=1S/C22H22BrN3O4/c1-14(20(27)24-17-8-6-16(23)7-9-17)29-21(28)15-10-12-26(13-11-15)22-25-18-4-2-3-5-19(18)30-22/h2-9,14-15H,10-13H2,1H3,(H,24,27). The molecule has 1 aliphatic heterocycles. The molecule has 30 heavy (non-hydrogen) atoms. The number of ether oxygens (including phenoxy) is 1. The Labute approximate surface area is 182 Å². The van der Waals surface area contributed by atoms with E-state index in [1.807, 2.05) is 41.3 Å². The number of fused-ring (bicyclic) bond motifs is 1. The fourth-order valence-electron chi connectivity index (χ4n) is 3.40. The number of nitrogens with one attached hydrogen (secondary N) is 1. The highest BCUT2D eigenvalue weighted by atomic mass is 79.9. The average molecular weight is 472 g/mol. The summed E-state index contributed by atoms with van der Waals surface area (Å²) in [4.78, 5) is 31.4. The van der Waals surface area contributed by atoms with Gasteiger partial charge in [0.1, 0.15) is 5.52 Å². The zero-order valence-electron chi connectivity index (χ0n) is 16.5. The molecule has 1 aliphatic rings. The highest BCUT2D eigenvalue weighted by Gasteiger charge is 2.30. The second-order valence-electron chi connectivity index (χ2n) is 7.30. The highest BCUT2D eigenvalue weighted by Crippen LogP contribution is 2.27. The molecule has 0 aliphatic carbocycles. The van der Waals surface area contributed by atoms with Crippen LogP contribution in [0.2, 0.25) is 0 Å². The van der Waals surface area contributed by atoms with Crippen molar-refractivity contribution in [1.29, 1.82) is 0 Å². The minimum atomic E-state index is -0.865. The summed E-state index contributed by atoms with van der Waals surface area (Å²) in [5, 5.41) is 2.75. The number of benzene rings is 2. The molecule has 0 radical (unpaired) electrons. The normalized spacial score (nSPS) is 15.7. The van der Waals surface area contributed by atoms with Gasteiger partial charge in [0, 0.05) is 23.2 Å². The zero-order valence-corrected chi connectivity index (χ0v) is 18.1. The molecular weight excluding hydrogens is 450 g/mol. The lowest BCUT2D eigenvalue weighted by Crippen LogP contribution is -2.39. The number of amides is 1. The zero-order chi connectivity index (χ0) is 21.1. The van der Waals surface area contributed by atoms with Crippen molar-refractivity contribution in [2.45, 2.75) is 25.9 Å². The lowest BCUT2D eigenvalue weighted by molar-refractivity contribution is -0.158. The number of para-hydroxylation sites is 2. The number of esters is 1. The molecule has 1 unspecified atom stereocenters. The molecule has 1 fully saturated rings. The Morgan fingerprint density at radius 3 is 2.57 bits per heavy atom. The second kappa shape index (κ2) is 8.87. The molecule has 0 saturated carbocycles.